The van der Waals surface area contributed by atoms with Crippen LogP contribution in [0.4, 0.5) is 11.5 Å². The highest BCUT2D eigenvalue weighted by Gasteiger charge is 2.18. The van der Waals surface area contributed by atoms with Crippen molar-refractivity contribution in [2.45, 2.75) is 13.3 Å². The molecule has 0 spiro atoms. The van der Waals surface area contributed by atoms with Gasteiger partial charge in [-0.3, -0.25) is 4.79 Å². The molecule has 0 aliphatic rings. The summed E-state index contributed by atoms with van der Waals surface area (Å²) < 4.78 is 5.08. The van der Waals surface area contributed by atoms with Crippen molar-refractivity contribution < 1.29 is 19.4 Å². The van der Waals surface area contributed by atoms with Crippen LogP contribution >= 0.6 is 11.3 Å². The van der Waals surface area contributed by atoms with Crippen LogP contribution in [0.25, 0.3) is 10.2 Å². The van der Waals surface area contributed by atoms with Crippen molar-refractivity contribution in [1.29, 1.82) is 0 Å². The maximum atomic E-state index is 12.1. The third-order valence-corrected chi connectivity index (χ3v) is 4.32. The van der Waals surface area contributed by atoms with E-state index in [9.17, 15) is 9.59 Å². The van der Waals surface area contributed by atoms with Crippen LogP contribution in [0.3, 0.4) is 0 Å². The third-order valence-electron chi connectivity index (χ3n) is 3.44. The first-order valence-corrected chi connectivity index (χ1v) is 8.43. The Morgan fingerprint density at radius 1 is 1.24 bits per heavy atom. The number of rotatable bonds is 6. The quantitative estimate of drug-likeness (QED) is 0.653. The fourth-order valence-corrected chi connectivity index (χ4v) is 3.22. The minimum atomic E-state index is -0.879. The van der Waals surface area contributed by atoms with Crippen molar-refractivity contribution in [3.05, 3.63) is 47.1 Å². The van der Waals surface area contributed by atoms with Gasteiger partial charge in [0.15, 0.2) is 0 Å². The zero-order valence-electron chi connectivity index (χ0n) is 13.4. The lowest BCUT2D eigenvalue weighted by atomic mass is 10.1. The summed E-state index contributed by atoms with van der Waals surface area (Å²) in [6.45, 7) is 2.04. The molecule has 128 valence electrons. The number of anilines is 2. The largest absolute Gasteiger partial charge is 0.481 e. The van der Waals surface area contributed by atoms with Crippen molar-refractivity contribution in [1.82, 2.24) is 9.97 Å². The van der Waals surface area contributed by atoms with Gasteiger partial charge < -0.3 is 15.2 Å². The fourth-order valence-electron chi connectivity index (χ4n) is 2.35. The molecule has 3 rings (SSSR count). The summed E-state index contributed by atoms with van der Waals surface area (Å²) in [5, 5.41) is 14.3. The first-order valence-electron chi connectivity index (χ1n) is 7.55. The summed E-state index contributed by atoms with van der Waals surface area (Å²) >= 11 is 1.34. The van der Waals surface area contributed by atoms with Gasteiger partial charge in [0, 0.05) is 11.1 Å². The van der Waals surface area contributed by atoms with Crippen molar-refractivity contribution in [2.24, 2.45) is 0 Å². The number of aromatic nitrogens is 2. The smallest absolute Gasteiger partial charge is 0.339 e. The Labute approximate surface area is 147 Å². The molecule has 2 heterocycles. The van der Waals surface area contributed by atoms with Crippen LogP contribution in [0.2, 0.25) is 0 Å². The first-order chi connectivity index (χ1) is 12.1. The second kappa shape index (κ2) is 7.27. The molecule has 0 radical (unpaired) electrons. The number of nitrogens with one attached hydrogen (secondary N) is 1. The predicted molar refractivity (Wildman–Crippen MR) is 94.4 cm³/mol. The lowest BCUT2D eigenvalue weighted by Gasteiger charge is -2.08. The topological polar surface area (TPSA) is 101 Å². The van der Waals surface area contributed by atoms with Crippen molar-refractivity contribution in [3.8, 4) is 0 Å². The Hall–Kier alpha value is -3.00. The van der Waals surface area contributed by atoms with Gasteiger partial charge in [-0.15, -0.1) is 11.3 Å². The zero-order valence-corrected chi connectivity index (χ0v) is 14.2. The number of carbonyl (C=O) groups excluding carboxylic acids is 1. The van der Waals surface area contributed by atoms with Crippen molar-refractivity contribution in [3.63, 3.8) is 0 Å². The molecular weight excluding hydrogens is 342 g/mol. The molecule has 0 bridgehead atoms. The van der Waals surface area contributed by atoms with Crippen LogP contribution < -0.4 is 5.32 Å². The van der Waals surface area contributed by atoms with Gasteiger partial charge in [-0.05, 0) is 24.6 Å². The molecule has 2 aromatic heterocycles. The van der Waals surface area contributed by atoms with Crippen molar-refractivity contribution >= 4 is 45.0 Å². The van der Waals surface area contributed by atoms with Crippen LogP contribution in [0.5, 0.6) is 0 Å². The number of hydrogen-bond acceptors (Lipinski definition) is 7. The van der Waals surface area contributed by atoms with Gasteiger partial charge in [0.05, 0.1) is 24.0 Å². The van der Waals surface area contributed by atoms with Crippen LogP contribution in [0.15, 0.2) is 36.0 Å². The molecule has 0 unspecified atom stereocenters. The van der Waals surface area contributed by atoms with Gasteiger partial charge >= 0.3 is 11.9 Å². The molecule has 0 aliphatic heterocycles. The number of ether oxygens (including phenoxy) is 1. The standard InChI is InChI=1S/C17H15N3O4S/c1-2-24-17(23)12-8-25-16-14(12)15(18-9-19-16)20-11-5-3-10(4-6-11)7-13(21)22/h3-6,8-9H,2,7H2,1H3,(H,21,22)(H,18,19,20). The number of carbonyl (C=O) groups is 2. The second-order valence-corrected chi connectivity index (χ2v) is 6.02. The SMILES string of the molecule is CCOC(=O)c1csc2ncnc(Nc3ccc(CC(=O)O)cc3)c12. The molecule has 1 aromatic carbocycles. The van der Waals surface area contributed by atoms with Gasteiger partial charge in [0.1, 0.15) is 17.0 Å². The molecule has 0 fully saturated rings. The number of fused-ring (bicyclic) bond motifs is 1. The molecule has 0 atom stereocenters. The Morgan fingerprint density at radius 3 is 2.68 bits per heavy atom. The van der Waals surface area contributed by atoms with Gasteiger partial charge in [-0.2, -0.15) is 0 Å². The zero-order chi connectivity index (χ0) is 17.8. The summed E-state index contributed by atoms with van der Waals surface area (Å²) in [6, 6.07) is 6.99. The van der Waals surface area contributed by atoms with Crippen LogP contribution in [-0.4, -0.2) is 33.6 Å². The molecular formula is C17H15N3O4S. The number of aliphatic carboxylic acids is 1. The summed E-state index contributed by atoms with van der Waals surface area (Å²) in [7, 11) is 0. The molecule has 0 saturated heterocycles. The Balaban J connectivity index is 1.92. The molecule has 3 aromatic rings. The number of carboxylic acid groups (broad SMARTS) is 1. The summed E-state index contributed by atoms with van der Waals surface area (Å²) in [5.74, 6) is -0.792. The molecule has 7 nitrogen and oxygen atoms in total. The fraction of sp³-hybridized carbons (Fsp3) is 0.176. The second-order valence-electron chi connectivity index (χ2n) is 5.16. The van der Waals surface area contributed by atoms with Crippen LogP contribution in [-0.2, 0) is 16.0 Å². The Morgan fingerprint density at radius 2 is 2.00 bits per heavy atom. The lowest BCUT2D eigenvalue weighted by Crippen LogP contribution is -2.05. The molecule has 0 saturated carbocycles. The molecule has 2 N–H and O–H groups in total. The number of nitrogens with zero attached hydrogens (tertiary/aromatic N) is 2. The van der Waals surface area contributed by atoms with E-state index < -0.39 is 11.9 Å². The predicted octanol–water partition coefficient (Wildman–Crippen LogP) is 3.24. The molecule has 0 aliphatic carbocycles. The highest BCUT2D eigenvalue weighted by Crippen LogP contribution is 2.31. The van der Waals surface area contributed by atoms with Gasteiger partial charge in [0.25, 0.3) is 0 Å². The Bertz CT molecular complexity index is 921. The van der Waals surface area contributed by atoms with Crippen LogP contribution in [0.1, 0.15) is 22.8 Å². The third kappa shape index (κ3) is 3.74. The normalized spacial score (nSPS) is 10.6. The van der Waals surface area contributed by atoms with E-state index in [1.54, 1.807) is 36.6 Å². The number of esters is 1. The van der Waals surface area contributed by atoms with Crippen LogP contribution in [0, 0.1) is 0 Å². The van der Waals surface area contributed by atoms with Crippen molar-refractivity contribution in [2.75, 3.05) is 11.9 Å². The molecule has 8 heteroatoms. The van der Waals surface area contributed by atoms with Gasteiger partial charge in [-0.1, -0.05) is 12.1 Å². The maximum absolute atomic E-state index is 12.1. The first kappa shape index (κ1) is 16.8. The summed E-state index contributed by atoms with van der Waals surface area (Å²) in [6.07, 6.45) is 1.39. The number of thiophene rings is 1. The summed E-state index contributed by atoms with van der Waals surface area (Å²) in [5.41, 5.74) is 1.86. The molecule has 0 amide bonds. The molecule has 25 heavy (non-hydrogen) atoms. The summed E-state index contributed by atoms with van der Waals surface area (Å²) in [4.78, 5) is 32.0. The van der Waals surface area contributed by atoms with E-state index in [1.165, 1.54) is 17.7 Å². The highest BCUT2D eigenvalue weighted by atomic mass is 32.1. The van der Waals surface area contributed by atoms with E-state index in [4.69, 9.17) is 9.84 Å². The maximum Gasteiger partial charge on any atom is 0.339 e. The number of hydrogen-bond donors (Lipinski definition) is 2. The highest BCUT2D eigenvalue weighted by molar-refractivity contribution is 7.17. The average molecular weight is 357 g/mol. The van der Waals surface area contributed by atoms with E-state index >= 15 is 0 Å². The van der Waals surface area contributed by atoms with Gasteiger partial charge in [-0.25, -0.2) is 14.8 Å². The van der Waals surface area contributed by atoms with Gasteiger partial charge in [0.2, 0.25) is 0 Å². The van der Waals surface area contributed by atoms with E-state index in [2.05, 4.69) is 15.3 Å². The van der Waals surface area contributed by atoms with E-state index in [1.807, 2.05) is 0 Å². The number of benzene rings is 1. The monoisotopic (exact) mass is 357 g/mol. The van der Waals surface area contributed by atoms with E-state index in [0.717, 1.165) is 5.69 Å². The average Bonchev–Trinajstić information content (AvgIpc) is 3.02. The van der Waals surface area contributed by atoms with E-state index in [0.29, 0.717) is 27.2 Å². The Kier molecular flexibility index (Phi) is 4.90. The lowest BCUT2D eigenvalue weighted by molar-refractivity contribution is -0.136. The number of carboxylic acids is 1. The minimum absolute atomic E-state index is 0.0322. The minimum Gasteiger partial charge on any atom is -0.481 e. The van der Waals surface area contributed by atoms with E-state index in [-0.39, 0.29) is 13.0 Å².